The van der Waals surface area contributed by atoms with Gasteiger partial charge < -0.3 is 14.5 Å². The van der Waals surface area contributed by atoms with Gasteiger partial charge >= 0.3 is 0 Å². The lowest BCUT2D eigenvalue weighted by Crippen LogP contribution is -2.15. The van der Waals surface area contributed by atoms with Crippen molar-refractivity contribution in [1.82, 2.24) is 14.8 Å². The highest BCUT2D eigenvalue weighted by atomic mass is 32.2. The Labute approximate surface area is 206 Å². The van der Waals surface area contributed by atoms with E-state index in [1.54, 1.807) is 6.26 Å². The monoisotopic (exact) mass is 482 g/mol. The minimum absolute atomic E-state index is 0.157. The summed E-state index contributed by atoms with van der Waals surface area (Å²) in [5.74, 6) is 2.49. The van der Waals surface area contributed by atoms with Crippen LogP contribution in [0, 0.1) is 0 Å². The first-order valence-corrected chi connectivity index (χ1v) is 12.0. The van der Waals surface area contributed by atoms with Crippen LogP contribution in [-0.2, 0) is 11.3 Å². The Morgan fingerprint density at radius 3 is 2.40 bits per heavy atom. The summed E-state index contributed by atoms with van der Waals surface area (Å²) in [5.41, 5.74) is 1.70. The Bertz CT molecular complexity index is 1390. The summed E-state index contributed by atoms with van der Waals surface area (Å²) < 4.78 is 13.5. The summed E-state index contributed by atoms with van der Waals surface area (Å²) in [6, 6.07) is 30.5. The zero-order valence-electron chi connectivity index (χ0n) is 18.7. The van der Waals surface area contributed by atoms with Crippen molar-refractivity contribution in [3.8, 4) is 23.1 Å². The molecule has 0 radical (unpaired) electrons. The third kappa shape index (κ3) is 5.62. The molecule has 2 aromatic heterocycles. The molecule has 1 N–H and O–H groups in total. The number of hydrogen-bond acceptors (Lipinski definition) is 6. The summed E-state index contributed by atoms with van der Waals surface area (Å²) in [6.45, 7) is 0.557. The van der Waals surface area contributed by atoms with Crippen LogP contribution in [0.4, 0.5) is 5.69 Å². The average molecular weight is 483 g/mol. The largest absolute Gasteiger partial charge is 0.461 e. The molecular weight excluding hydrogens is 460 g/mol. The molecule has 0 saturated heterocycles. The van der Waals surface area contributed by atoms with Crippen LogP contribution in [0.5, 0.6) is 11.5 Å². The van der Waals surface area contributed by atoms with E-state index in [1.807, 2.05) is 102 Å². The highest BCUT2D eigenvalue weighted by Gasteiger charge is 2.18. The SMILES string of the molecule is O=C(CSc1nnc(-c2ccco2)n1Cc1ccccc1)Nc1ccccc1Oc1ccccc1. The summed E-state index contributed by atoms with van der Waals surface area (Å²) in [5, 5.41) is 12.2. The van der Waals surface area contributed by atoms with Crippen LogP contribution in [-0.4, -0.2) is 26.4 Å². The van der Waals surface area contributed by atoms with Gasteiger partial charge in [-0.1, -0.05) is 72.4 Å². The van der Waals surface area contributed by atoms with Gasteiger partial charge in [0.05, 0.1) is 24.2 Å². The molecule has 7 nitrogen and oxygen atoms in total. The van der Waals surface area contributed by atoms with E-state index in [9.17, 15) is 4.79 Å². The molecule has 0 spiro atoms. The summed E-state index contributed by atoms with van der Waals surface area (Å²) in [4.78, 5) is 12.8. The fourth-order valence-corrected chi connectivity index (χ4v) is 4.22. The molecule has 0 fully saturated rings. The molecule has 0 bridgehead atoms. The van der Waals surface area contributed by atoms with E-state index < -0.39 is 0 Å². The van der Waals surface area contributed by atoms with Gasteiger partial charge in [-0.15, -0.1) is 10.2 Å². The van der Waals surface area contributed by atoms with Crippen LogP contribution >= 0.6 is 11.8 Å². The average Bonchev–Trinajstić information content (AvgIpc) is 3.55. The van der Waals surface area contributed by atoms with Gasteiger partial charge in [-0.05, 0) is 42.0 Å². The molecule has 3 aromatic carbocycles. The maximum atomic E-state index is 12.8. The third-order valence-electron chi connectivity index (χ3n) is 5.11. The minimum atomic E-state index is -0.173. The molecule has 0 unspecified atom stereocenters. The Morgan fingerprint density at radius 2 is 1.63 bits per heavy atom. The Balaban J connectivity index is 1.30. The van der Waals surface area contributed by atoms with Crippen molar-refractivity contribution in [2.45, 2.75) is 11.7 Å². The van der Waals surface area contributed by atoms with Crippen LogP contribution in [0.1, 0.15) is 5.56 Å². The second kappa shape index (κ2) is 10.8. The van der Waals surface area contributed by atoms with Crippen LogP contribution in [0.15, 0.2) is 113 Å². The number of benzene rings is 3. The van der Waals surface area contributed by atoms with E-state index in [0.29, 0.717) is 40.5 Å². The normalized spacial score (nSPS) is 10.7. The molecular formula is C27H22N4O3S. The summed E-state index contributed by atoms with van der Waals surface area (Å²) in [7, 11) is 0. The Kier molecular flexibility index (Phi) is 6.91. The highest BCUT2D eigenvalue weighted by Crippen LogP contribution is 2.30. The fourth-order valence-electron chi connectivity index (χ4n) is 3.48. The Hall–Kier alpha value is -4.30. The molecule has 0 atom stereocenters. The standard InChI is InChI=1S/C27H22N4O3S/c32-25(28-22-14-7-8-15-23(22)34-21-12-5-2-6-13-21)19-35-27-30-29-26(24-16-9-17-33-24)31(27)18-20-10-3-1-4-11-20/h1-17H,18-19H2,(H,28,32). The second-order valence-corrected chi connectivity index (χ2v) is 8.55. The number of carbonyl (C=O) groups excluding carboxylic acids is 1. The molecule has 8 heteroatoms. The predicted molar refractivity (Wildman–Crippen MR) is 136 cm³/mol. The van der Waals surface area contributed by atoms with Gasteiger partial charge in [-0.2, -0.15) is 0 Å². The third-order valence-corrected chi connectivity index (χ3v) is 6.07. The number of carbonyl (C=O) groups is 1. The molecule has 1 amide bonds. The molecule has 0 aliphatic rings. The van der Waals surface area contributed by atoms with Crippen molar-refractivity contribution in [3.05, 3.63) is 109 Å². The first-order valence-electron chi connectivity index (χ1n) is 11.0. The van der Waals surface area contributed by atoms with Gasteiger partial charge in [-0.25, -0.2) is 0 Å². The number of nitrogens with zero attached hydrogens (tertiary/aromatic N) is 3. The number of amides is 1. The molecule has 0 saturated carbocycles. The van der Waals surface area contributed by atoms with E-state index in [1.165, 1.54) is 11.8 Å². The number of anilines is 1. The Morgan fingerprint density at radius 1 is 0.886 bits per heavy atom. The van der Waals surface area contributed by atoms with Crippen LogP contribution in [0.25, 0.3) is 11.6 Å². The smallest absolute Gasteiger partial charge is 0.234 e. The number of aromatic nitrogens is 3. The maximum absolute atomic E-state index is 12.8. The molecule has 174 valence electrons. The second-order valence-electron chi connectivity index (χ2n) is 7.60. The molecule has 35 heavy (non-hydrogen) atoms. The van der Waals surface area contributed by atoms with Crippen LogP contribution < -0.4 is 10.1 Å². The summed E-state index contributed by atoms with van der Waals surface area (Å²) >= 11 is 1.32. The lowest BCUT2D eigenvalue weighted by Gasteiger charge is -2.12. The van der Waals surface area contributed by atoms with E-state index in [-0.39, 0.29) is 11.7 Å². The number of para-hydroxylation sites is 3. The minimum Gasteiger partial charge on any atom is -0.461 e. The topological polar surface area (TPSA) is 82.2 Å². The predicted octanol–water partition coefficient (Wildman–Crippen LogP) is 6.11. The number of furan rings is 1. The zero-order chi connectivity index (χ0) is 23.9. The van der Waals surface area contributed by atoms with E-state index in [0.717, 1.165) is 5.56 Å². The number of thioether (sulfide) groups is 1. The van der Waals surface area contributed by atoms with Crippen molar-refractivity contribution >= 4 is 23.4 Å². The highest BCUT2D eigenvalue weighted by molar-refractivity contribution is 7.99. The van der Waals surface area contributed by atoms with Crippen molar-refractivity contribution in [2.75, 3.05) is 11.1 Å². The number of rotatable bonds is 9. The van der Waals surface area contributed by atoms with Crippen LogP contribution in [0.2, 0.25) is 0 Å². The molecule has 0 aliphatic carbocycles. The van der Waals surface area contributed by atoms with Gasteiger partial charge in [0.25, 0.3) is 0 Å². The van der Waals surface area contributed by atoms with Crippen molar-refractivity contribution < 1.29 is 13.9 Å². The lowest BCUT2D eigenvalue weighted by atomic mass is 10.2. The molecule has 5 rings (SSSR count). The van der Waals surface area contributed by atoms with Gasteiger partial charge in [0.1, 0.15) is 5.75 Å². The van der Waals surface area contributed by atoms with Gasteiger partial charge in [0, 0.05) is 0 Å². The quantitative estimate of drug-likeness (QED) is 0.255. The lowest BCUT2D eigenvalue weighted by molar-refractivity contribution is -0.113. The maximum Gasteiger partial charge on any atom is 0.234 e. The zero-order valence-corrected chi connectivity index (χ0v) is 19.5. The number of ether oxygens (including phenoxy) is 1. The summed E-state index contributed by atoms with van der Waals surface area (Å²) in [6.07, 6.45) is 1.60. The fraction of sp³-hybridized carbons (Fsp3) is 0.0741. The molecule has 2 heterocycles. The van der Waals surface area contributed by atoms with Crippen molar-refractivity contribution in [1.29, 1.82) is 0 Å². The van der Waals surface area contributed by atoms with Crippen molar-refractivity contribution in [3.63, 3.8) is 0 Å². The van der Waals surface area contributed by atoms with Crippen molar-refractivity contribution in [2.24, 2.45) is 0 Å². The van der Waals surface area contributed by atoms with E-state index in [2.05, 4.69) is 15.5 Å². The molecule has 0 aliphatic heterocycles. The first-order chi connectivity index (χ1) is 17.3. The van der Waals surface area contributed by atoms with Crippen LogP contribution in [0.3, 0.4) is 0 Å². The first kappa shape index (κ1) is 22.5. The van der Waals surface area contributed by atoms with Gasteiger partial charge in [0.15, 0.2) is 16.7 Å². The van der Waals surface area contributed by atoms with E-state index >= 15 is 0 Å². The van der Waals surface area contributed by atoms with Gasteiger partial charge in [0.2, 0.25) is 11.7 Å². The van der Waals surface area contributed by atoms with Gasteiger partial charge in [-0.3, -0.25) is 9.36 Å². The number of hydrogen-bond donors (Lipinski definition) is 1. The van der Waals surface area contributed by atoms with E-state index in [4.69, 9.17) is 9.15 Å². The molecule has 5 aromatic rings. The number of nitrogens with one attached hydrogen (secondary N) is 1.